The van der Waals surface area contributed by atoms with Gasteiger partial charge in [0.15, 0.2) is 0 Å². The summed E-state index contributed by atoms with van der Waals surface area (Å²) >= 11 is 7.44. The number of nitrogens with one attached hydrogen (secondary N) is 1. The highest BCUT2D eigenvalue weighted by molar-refractivity contribution is 8.15. The van der Waals surface area contributed by atoms with Crippen molar-refractivity contribution in [1.82, 2.24) is 10.2 Å². The molecule has 1 atom stereocenters. The number of benzene rings is 2. The molecular weight excluding hydrogens is 396 g/mol. The Balaban J connectivity index is 1.75. The third-order valence-electron chi connectivity index (χ3n) is 4.45. The summed E-state index contributed by atoms with van der Waals surface area (Å²) in [6.45, 7) is 2.86. The van der Waals surface area contributed by atoms with E-state index in [1.54, 1.807) is 0 Å². The number of ether oxygens (including phenoxy) is 1. The molecule has 1 unspecified atom stereocenters. The fraction of sp³-hybridized carbons (Fsp3) is 0.333. The summed E-state index contributed by atoms with van der Waals surface area (Å²) in [7, 11) is 4.02. The van der Waals surface area contributed by atoms with Crippen LogP contribution in [0.3, 0.4) is 0 Å². The Morgan fingerprint density at radius 2 is 1.93 bits per heavy atom. The zero-order chi connectivity index (χ0) is 20.3. The van der Waals surface area contributed by atoms with Crippen molar-refractivity contribution in [3.8, 4) is 11.5 Å². The molecule has 0 radical (unpaired) electrons. The number of hydrogen-bond acceptors (Lipinski definition) is 5. The van der Waals surface area contributed by atoms with Crippen molar-refractivity contribution in [2.24, 2.45) is 0 Å². The summed E-state index contributed by atoms with van der Waals surface area (Å²) in [6, 6.07) is 11.6. The van der Waals surface area contributed by atoms with Gasteiger partial charge in [0.05, 0.1) is 10.3 Å². The number of rotatable bonds is 7. The van der Waals surface area contributed by atoms with Crippen LogP contribution in [0.5, 0.6) is 11.5 Å². The molecule has 3 rings (SSSR count). The molecule has 1 saturated heterocycles. The maximum atomic E-state index is 11.8. The van der Waals surface area contributed by atoms with Crippen LogP contribution in [-0.4, -0.2) is 35.4 Å². The first-order valence-electron chi connectivity index (χ1n) is 9.10. The zero-order valence-corrected chi connectivity index (χ0v) is 17.7. The maximum absolute atomic E-state index is 11.8. The SMILES string of the molecule is CCc1cc(Oc2ccc(CN(C)C)cc2Cl)ccc1CC1SC(=O)NC1=O. The molecule has 2 amide bonds. The Morgan fingerprint density at radius 3 is 2.54 bits per heavy atom. The van der Waals surface area contributed by atoms with Gasteiger partial charge in [0.25, 0.3) is 5.24 Å². The average Bonchev–Trinajstić information content (AvgIpc) is 2.95. The van der Waals surface area contributed by atoms with Gasteiger partial charge in [-0.2, -0.15) is 0 Å². The summed E-state index contributed by atoms with van der Waals surface area (Å²) in [5.74, 6) is 1.08. The molecule has 0 bridgehead atoms. The molecule has 1 N–H and O–H groups in total. The van der Waals surface area contributed by atoms with Crippen LogP contribution in [0.1, 0.15) is 23.6 Å². The lowest BCUT2D eigenvalue weighted by Gasteiger charge is -2.15. The van der Waals surface area contributed by atoms with Crippen molar-refractivity contribution in [3.63, 3.8) is 0 Å². The highest BCUT2D eigenvalue weighted by atomic mass is 35.5. The summed E-state index contributed by atoms with van der Waals surface area (Å²) in [6.07, 6.45) is 1.32. The normalized spacial score (nSPS) is 16.5. The van der Waals surface area contributed by atoms with Crippen molar-refractivity contribution < 1.29 is 14.3 Å². The van der Waals surface area contributed by atoms with E-state index in [-0.39, 0.29) is 16.4 Å². The van der Waals surface area contributed by atoms with E-state index >= 15 is 0 Å². The van der Waals surface area contributed by atoms with Gasteiger partial charge in [-0.25, -0.2) is 0 Å². The largest absolute Gasteiger partial charge is 0.456 e. The van der Waals surface area contributed by atoms with Crippen LogP contribution in [0.2, 0.25) is 5.02 Å². The van der Waals surface area contributed by atoms with Gasteiger partial charge in [0.1, 0.15) is 11.5 Å². The predicted octanol–water partition coefficient (Wildman–Crippen LogP) is 4.65. The molecule has 1 aliphatic heterocycles. The summed E-state index contributed by atoms with van der Waals surface area (Å²) < 4.78 is 5.99. The quantitative estimate of drug-likeness (QED) is 0.709. The molecule has 0 aliphatic carbocycles. The maximum Gasteiger partial charge on any atom is 0.286 e. The highest BCUT2D eigenvalue weighted by Gasteiger charge is 2.31. The number of hydrogen-bond donors (Lipinski definition) is 1. The second-order valence-electron chi connectivity index (χ2n) is 6.98. The molecule has 1 heterocycles. The Hall–Kier alpha value is -2.02. The first kappa shape index (κ1) is 20.7. The van der Waals surface area contributed by atoms with Crippen molar-refractivity contribution in [2.75, 3.05) is 14.1 Å². The molecule has 5 nitrogen and oxygen atoms in total. The highest BCUT2D eigenvalue weighted by Crippen LogP contribution is 2.32. The lowest BCUT2D eigenvalue weighted by molar-refractivity contribution is -0.118. The summed E-state index contributed by atoms with van der Waals surface area (Å²) in [5.41, 5.74) is 3.25. The lowest BCUT2D eigenvalue weighted by atomic mass is 10.00. The van der Waals surface area contributed by atoms with Crippen molar-refractivity contribution in [3.05, 3.63) is 58.1 Å². The number of amides is 2. The third kappa shape index (κ3) is 5.07. The smallest absolute Gasteiger partial charge is 0.286 e. The standard InChI is InChI=1S/C21H23ClN2O3S/c1-4-14-10-16(7-6-15(14)11-19-20(25)23-21(26)28-19)27-18-8-5-13(9-17(18)22)12-24(2)3/h5-10,19H,4,11-12H2,1-3H3,(H,23,25,26). The molecule has 0 spiro atoms. The Bertz CT molecular complexity index is 901. The van der Waals surface area contributed by atoms with E-state index in [2.05, 4.69) is 17.1 Å². The van der Waals surface area contributed by atoms with Crippen LogP contribution >= 0.6 is 23.4 Å². The number of halogens is 1. The minimum absolute atomic E-state index is 0.220. The first-order valence-corrected chi connectivity index (χ1v) is 10.4. The molecule has 0 aromatic heterocycles. The zero-order valence-electron chi connectivity index (χ0n) is 16.1. The third-order valence-corrected chi connectivity index (χ3v) is 5.73. The average molecular weight is 419 g/mol. The van der Waals surface area contributed by atoms with Crippen LogP contribution in [0.4, 0.5) is 4.79 Å². The number of thioether (sulfide) groups is 1. The van der Waals surface area contributed by atoms with Crippen LogP contribution in [0.15, 0.2) is 36.4 Å². The Labute approximate surface area is 174 Å². The number of imide groups is 1. The van der Waals surface area contributed by atoms with E-state index in [0.29, 0.717) is 22.9 Å². The molecule has 2 aromatic rings. The second-order valence-corrected chi connectivity index (χ2v) is 8.56. The van der Waals surface area contributed by atoms with E-state index in [4.69, 9.17) is 16.3 Å². The van der Waals surface area contributed by atoms with Gasteiger partial charge in [-0.15, -0.1) is 0 Å². The summed E-state index contributed by atoms with van der Waals surface area (Å²) in [4.78, 5) is 25.3. The lowest BCUT2D eigenvalue weighted by Crippen LogP contribution is -2.25. The molecule has 2 aromatic carbocycles. The first-order chi connectivity index (χ1) is 13.4. The van der Waals surface area contributed by atoms with Gasteiger partial charge in [0, 0.05) is 6.54 Å². The van der Waals surface area contributed by atoms with E-state index in [9.17, 15) is 9.59 Å². The van der Waals surface area contributed by atoms with E-state index < -0.39 is 0 Å². The molecule has 0 saturated carbocycles. The van der Waals surface area contributed by atoms with Gasteiger partial charge in [0.2, 0.25) is 5.91 Å². The van der Waals surface area contributed by atoms with Crippen LogP contribution in [0.25, 0.3) is 0 Å². The van der Waals surface area contributed by atoms with Gasteiger partial charge < -0.3 is 9.64 Å². The predicted molar refractivity (Wildman–Crippen MR) is 113 cm³/mol. The molecule has 7 heteroatoms. The molecular formula is C21H23ClN2O3S. The van der Waals surface area contributed by atoms with Crippen LogP contribution in [-0.2, 0) is 24.2 Å². The Morgan fingerprint density at radius 1 is 1.14 bits per heavy atom. The Kier molecular flexibility index (Phi) is 6.65. The van der Waals surface area contributed by atoms with Crippen LogP contribution < -0.4 is 10.1 Å². The van der Waals surface area contributed by atoms with E-state index in [1.165, 1.54) is 0 Å². The number of carbonyl (C=O) groups excluding carboxylic acids is 2. The number of nitrogens with zero attached hydrogens (tertiary/aromatic N) is 1. The topological polar surface area (TPSA) is 58.6 Å². The fourth-order valence-corrected chi connectivity index (χ4v) is 4.23. The summed E-state index contributed by atoms with van der Waals surface area (Å²) in [5, 5.41) is 2.25. The minimum atomic E-state index is -0.372. The van der Waals surface area contributed by atoms with Gasteiger partial charge in [-0.1, -0.05) is 42.4 Å². The molecule has 148 valence electrons. The fourth-order valence-electron chi connectivity index (χ4n) is 3.14. The minimum Gasteiger partial charge on any atom is -0.456 e. The van der Waals surface area contributed by atoms with Gasteiger partial charge in [-0.05, 0) is 67.9 Å². The molecule has 1 fully saturated rings. The number of carbonyl (C=O) groups is 2. The second kappa shape index (κ2) is 8.99. The van der Waals surface area contributed by atoms with E-state index in [1.807, 2.05) is 50.5 Å². The van der Waals surface area contributed by atoms with Gasteiger partial charge in [-0.3, -0.25) is 14.9 Å². The number of aryl methyl sites for hydroxylation is 1. The van der Waals surface area contributed by atoms with Crippen LogP contribution in [0, 0.1) is 0 Å². The van der Waals surface area contributed by atoms with Gasteiger partial charge >= 0.3 is 0 Å². The van der Waals surface area contributed by atoms with E-state index in [0.717, 1.165) is 41.4 Å². The van der Waals surface area contributed by atoms with Crippen molar-refractivity contribution in [1.29, 1.82) is 0 Å². The van der Waals surface area contributed by atoms with Crippen molar-refractivity contribution >= 4 is 34.5 Å². The molecule has 1 aliphatic rings. The monoisotopic (exact) mass is 418 g/mol. The molecule has 28 heavy (non-hydrogen) atoms. The van der Waals surface area contributed by atoms with Crippen molar-refractivity contribution in [2.45, 2.75) is 31.6 Å².